The van der Waals surface area contributed by atoms with Crippen LogP contribution < -0.4 is 5.32 Å². The number of ketones is 1. The lowest BCUT2D eigenvalue weighted by molar-refractivity contribution is -0.124. The van der Waals surface area contributed by atoms with Gasteiger partial charge in [-0.25, -0.2) is 0 Å². The van der Waals surface area contributed by atoms with Gasteiger partial charge in [-0.1, -0.05) is 37.3 Å². The Morgan fingerprint density at radius 2 is 1.78 bits per heavy atom. The van der Waals surface area contributed by atoms with Crippen LogP contribution in [-0.4, -0.2) is 41.8 Å². The third-order valence-electron chi connectivity index (χ3n) is 4.75. The smallest absolute Gasteiger partial charge is 0.234 e. The number of carbonyl (C=O) groups is 2. The van der Waals surface area contributed by atoms with Crippen LogP contribution in [0.4, 0.5) is 0 Å². The molecular weight excluding hydrogens is 288 g/mol. The lowest BCUT2D eigenvalue weighted by atomic mass is 9.89. The summed E-state index contributed by atoms with van der Waals surface area (Å²) in [5, 5.41) is 3.07. The molecular formula is C19H28N2O2. The van der Waals surface area contributed by atoms with Crippen molar-refractivity contribution in [1.82, 2.24) is 10.2 Å². The summed E-state index contributed by atoms with van der Waals surface area (Å²) >= 11 is 0. The SMILES string of the molecule is CCC(C)(C)NC(=O)CN1CCC(C(=O)c2ccccc2)CC1. The summed E-state index contributed by atoms with van der Waals surface area (Å²) < 4.78 is 0. The number of nitrogens with one attached hydrogen (secondary N) is 1. The van der Waals surface area contributed by atoms with E-state index in [1.807, 2.05) is 44.2 Å². The molecule has 0 atom stereocenters. The van der Waals surface area contributed by atoms with Crippen molar-refractivity contribution in [3.8, 4) is 0 Å². The molecule has 1 aromatic rings. The van der Waals surface area contributed by atoms with E-state index in [4.69, 9.17) is 0 Å². The zero-order valence-electron chi connectivity index (χ0n) is 14.5. The molecule has 1 aliphatic heterocycles. The van der Waals surface area contributed by atoms with Gasteiger partial charge < -0.3 is 5.32 Å². The number of carbonyl (C=O) groups excluding carboxylic acids is 2. The molecule has 1 fully saturated rings. The summed E-state index contributed by atoms with van der Waals surface area (Å²) in [6.45, 7) is 8.19. The van der Waals surface area contributed by atoms with Gasteiger partial charge in [0.05, 0.1) is 6.54 Å². The largest absolute Gasteiger partial charge is 0.350 e. The van der Waals surface area contributed by atoms with Crippen LogP contribution >= 0.6 is 0 Å². The Morgan fingerprint density at radius 3 is 2.35 bits per heavy atom. The maximum absolute atomic E-state index is 12.5. The van der Waals surface area contributed by atoms with Gasteiger partial charge >= 0.3 is 0 Å². The fourth-order valence-corrected chi connectivity index (χ4v) is 2.90. The first-order valence-corrected chi connectivity index (χ1v) is 8.54. The molecule has 0 radical (unpaired) electrons. The molecule has 1 aliphatic rings. The van der Waals surface area contributed by atoms with Crippen molar-refractivity contribution >= 4 is 11.7 Å². The molecule has 4 heteroatoms. The Balaban J connectivity index is 1.80. The van der Waals surface area contributed by atoms with Crippen molar-refractivity contribution < 1.29 is 9.59 Å². The Kier molecular flexibility index (Phi) is 5.94. The molecule has 1 aromatic carbocycles. The number of hydrogen-bond donors (Lipinski definition) is 1. The molecule has 1 heterocycles. The highest BCUT2D eigenvalue weighted by Crippen LogP contribution is 2.21. The molecule has 1 saturated heterocycles. The first kappa shape index (κ1) is 17.7. The molecule has 23 heavy (non-hydrogen) atoms. The molecule has 2 rings (SSSR count). The second kappa shape index (κ2) is 7.73. The predicted molar refractivity (Wildman–Crippen MR) is 92.4 cm³/mol. The fraction of sp³-hybridized carbons (Fsp3) is 0.579. The monoisotopic (exact) mass is 316 g/mol. The van der Waals surface area contributed by atoms with Crippen molar-refractivity contribution in [2.75, 3.05) is 19.6 Å². The molecule has 0 bridgehead atoms. The van der Waals surface area contributed by atoms with Crippen molar-refractivity contribution in [1.29, 1.82) is 0 Å². The third-order valence-corrected chi connectivity index (χ3v) is 4.75. The minimum Gasteiger partial charge on any atom is -0.350 e. The molecule has 126 valence electrons. The molecule has 1 amide bonds. The van der Waals surface area contributed by atoms with Gasteiger partial charge in [-0.15, -0.1) is 0 Å². The molecule has 0 saturated carbocycles. The summed E-state index contributed by atoms with van der Waals surface area (Å²) in [4.78, 5) is 26.7. The summed E-state index contributed by atoms with van der Waals surface area (Å²) in [5.41, 5.74) is 0.645. The molecule has 0 aliphatic carbocycles. The lowest BCUT2D eigenvalue weighted by Gasteiger charge is -2.32. The Bertz CT molecular complexity index is 532. The van der Waals surface area contributed by atoms with E-state index < -0.39 is 0 Å². The number of Topliss-reactive ketones (excluding diaryl/α,β-unsaturated/α-hetero) is 1. The van der Waals surface area contributed by atoms with Gasteiger partial charge in [0.1, 0.15) is 0 Å². The van der Waals surface area contributed by atoms with Crippen LogP contribution in [0, 0.1) is 5.92 Å². The zero-order chi connectivity index (χ0) is 16.9. The normalized spacial score (nSPS) is 17.0. The number of likely N-dealkylation sites (tertiary alicyclic amines) is 1. The van der Waals surface area contributed by atoms with E-state index in [1.54, 1.807) is 0 Å². The van der Waals surface area contributed by atoms with Gasteiger partial charge in [0.2, 0.25) is 5.91 Å². The zero-order valence-corrected chi connectivity index (χ0v) is 14.5. The van der Waals surface area contributed by atoms with Crippen LogP contribution in [0.3, 0.4) is 0 Å². The summed E-state index contributed by atoms with van der Waals surface area (Å²) in [6, 6.07) is 9.50. The quantitative estimate of drug-likeness (QED) is 0.821. The highest BCUT2D eigenvalue weighted by molar-refractivity contribution is 5.97. The topological polar surface area (TPSA) is 49.4 Å². The molecule has 0 spiro atoms. The van der Waals surface area contributed by atoms with Crippen molar-refractivity contribution in [2.45, 2.75) is 45.6 Å². The molecule has 1 N–H and O–H groups in total. The van der Waals surface area contributed by atoms with Crippen LogP contribution in [0.5, 0.6) is 0 Å². The minimum atomic E-state index is -0.154. The Hall–Kier alpha value is -1.68. The first-order chi connectivity index (χ1) is 10.9. The van der Waals surface area contributed by atoms with Crippen molar-refractivity contribution in [3.63, 3.8) is 0 Å². The van der Waals surface area contributed by atoms with Gasteiger partial charge in [0.15, 0.2) is 5.78 Å². The second-order valence-corrected chi connectivity index (χ2v) is 7.07. The summed E-state index contributed by atoms with van der Waals surface area (Å²) in [7, 11) is 0. The first-order valence-electron chi connectivity index (χ1n) is 8.54. The van der Waals surface area contributed by atoms with Crippen LogP contribution in [-0.2, 0) is 4.79 Å². The van der Waals surface area contributed by atoms with E-state index in [9.17, 15) is 9.59 Å². The standard InChI is InChI=1S/C19H28N2O2/c1-4-19(2,3)20-17(22)14-21-12-10-16(11-13-21)18(23)15-8-6-5-7-9-15/h5-9,16H,4,10-14H2,1-3H3,(H,20,22). The van der Waals surface area contributed by atoms with Gasteiger partial charge in [-0.2, -0.15) is 0 Å². The predicted octanol–water partition coefficient (Wildman–Crippen LogP) is 2.89. The number of piperidine rings is 1. The van der Waals surface area contributed by atoms with Gasteiger partial charge in [0, 0.05) is 17.0 Å². The molecule has 0 unspecified atom stereocenters. The Labute approximate surface area is 139 Å². The van der Waals surface area contributed by atoms with Crippen LogP contribution in [0.15, 0.2) is 30.3 Å². The minimum absolute atomic E-state index is 0.0738. The number of nitrogens with zero attached hydrogens (tertiary/aromatic N) is 1. The summed E-state index contributed by atoms with van der Waals surface area (Å²) in [6.07, 6.45) is 2.57. The van der Waals surface area contributed by atoms with Crippen LogP contribution in [0.1, 0.15) is 50.4 Å². The lowest BCUT2D eigenvalue weighted by Crippen LogP contribution is -2.49. The molecule has 0 aromatic heterocycles. The second-order valence-electron chi connectivity index (χ2n) is 7.07. The number of benzene rings is 1. The Morgan fingerprint density at radius 1 is 1.17 bits per heavy atom. The highest BCUT2D eigenvalue weighted by atomic mass is 16.2. The average Bonchev–Trinajstić information content (AvgIpc) is 2.55. The highest BCUT2D eigenvalue weighted by Gasteiger charge is 2.27. The van der Waals surface area contributed by atoms with Crippen LogP contribution in [0.2, 0.25) is 0 Å². The fourth-order valence-electron chi connectivity index (χ4n) is 2.90. The van der Waals surface area contributed by atoms with E-state index in [1.165, 1.54) is 0 Å². The number of hydrogen-bond acceptors (Lipinski definition) is 3. The maximum atomic E-state index is 12.5. The van der Waals surface area contributed by atoms with E-state index in [0.717, 1.165) is 37.9 Å². The van der Waals surface area contributed by atoms with E-state index in [0.29, 0.717) is 6.54 Å². The van der Waals surface area contributed by atoms with E-state index in [-0.39, 0.29) is 23.1 Å². The number of amides is 1. The van der Waals surface area contributed by atoms with Gasteiger partial charge in [-0.3, -0.25) is 14.5 Å². The third kappa shape index (κ3) is 5.17. The van der Waals surface area contributed by atoms with Gasteiger partial charge in [0.25, 0.3) is 0 Å². The average molecular weight is 316 g/mol. The van der Waals surface area contributed by atoms with Crippen LogP contribution in [0.25, 0.3) is 0 Å². The van der Waals surface area contributed by atoms with E-state index >= 15 is 0 Å². The summed E-state index contributed by atoms with van der Waals surface area (Å²) in [5.74, 6) is 0.398. The van der Waals surface area contributed by atoms with Gasteiger partial charge in [-0.05, 0) is 46.2 Å². The number of rotatable bonds is 6. The molecule has 4 nitrogen and oxygen atoms in total. The van der Waals surface area contributed by atoms with Crippen molar-refractivity contribution in [3.05, 3.63) is 35.9 Å². The van der Waals surface area contributed by atoms with Crippen molar-refractivity contribution in [2.24, 2.45) is 5.92 Å². The maximum Gasteiger partial charge on any atom is 0.234 e. The van der Waals surface area contributed by atoms with E-state index in [2.05, 4.69) is 17.1 Å².